The predicted molar refractivity (Wildman–Crippen MR) is 76.4 cm³/mol. The summed E-state index contributed by atoms with van der Waals surface area (Å²) in [6, 6.07) is 17.1. The van der Waals surface area contributed by atoms with E-state index in [4.69, 9.17) is 0 Å². The Bertz CT molecular complexity index is 605. The smallest absolute Gasteiger partial charge is 0.199 e. The van der Waals surface area contributed by atoms with E-state index < -0.39 is 11.4 Å². The zero-order valence-electron chi connectivity index (χ0n) is 11.2. The molecule has 0 aliphatic carbocycles. The Kier molecular flexibility index (Phi) is 4.11. The highest BCUT2D eigenvalue weighted by Crippen LogP contribution is 2.29. The molecular formula is C17H16O3. The summed E-state index contributed by atoms with van der Waals surface area (Å²) in [4.78, 5) is 24.1. The number of hydrogen-bond acceptors (Lipinski definition) is 3. The topological polar surface area (TPSA) is 54.4 Å². The van der Waals surface area contributed by atoms with Crippen molar-refractivity contribution in [3.05, 3.63) is 71.8 Å². The Morgan fingerprint density at radius 2 is 1.45 bits per heavy atom. The van der Waals surface area contributed by atoms with E-state index in [0.29, 0.717) is 11.1 Å². The maximum atomic E-state index is 12.6. The van der Waals surface area contributed by atoms with Crippen molar-refractivity contribution in [2.75, 3.05) is 0 Å². The Hall–Kier alpha value is -2.26. The van der Waals surface area contributed by atoms with Crippen molar-refractivity contribution in [1.29, 1.82) is 0 Å². The van der Waals surface area contributed by atoms with Crippen molar-refractivity contribution in [1.82, 2.24) is 0 Å². The Morgan fingerprint density at radius 3 is 1.95 bits per heavy atom. The van der Waals surface area contributed by atoms with Crippen molar-refractivity contribution in [2.45, 2.75) is 18.9 Å². The maximum absolute atomic E-state index is 12.6. The number of ketones is 2. The molecule has 0 spiro atoms. The predicted octanol–water partition coefficient (Wildman–Crippen LogP) is 2.74. The first kappa shape index (κ1) is 14.2. The molecular weight excluding hydrogens is 252 g/mol. The zero-order valence-corrected chi connectivity index (χ0v) is 11.2. The standard InChI is InChI=1S/C17H16O3/c1-13(18)12-17(20,15-10-6-3-7-11-15)16(19)14-8-4-2-5-9-14/h2-11,20H,12H2,1H3/t17-/m0/s1. The fourth-order valence-electron chi connectivity index (χ4n) is 2.22. The van der Waals surface area contributed by atoms with Crippen LogP contribution < -0.4 is 0 Å². The van der Waals surface area contributed by atoms with Crippen LogP contribution in [0.4, 0.5) is 0 Å². The maximum Gasteiger partial charge on any atom is 0.199 e. The van der Waals surface area contributed by atoms with E-state index in [0.717, 1.165) is 0 Å². The third-order valence-electron chi connectivity index (χ3n) is 3.17. The van der Waals surface area contributed by atoms with Crippen LogP contribution in [-0.4, -0.2) is 16.7 Å². The largest absolute Gasteiger partial charge is 0.376 e. The molecule has 3 heteroatoms. The monoisotopic (exact) mass is 268 g/mol. The first-order valence-electron chi connectivity index (χ1n) is 6.41. The van der Waals surface area contributed by atoms with Crippen LogP contribution >= 0.6 is 0 Å². The highest BCUT2D eigenvalue weighted by Gasteiger charge is 2.39. The zero-order chi connectivity index (χ0) is 14.6. The third kappa shape index (κ3) is 2.83. The lowest BCUT2D eigenvalue weighted by Gasteiger charge is -2.26. The number of carbonyl (C=O) groups is 2. The molecule has 2 aromatic rings. The van der Waals surface area contributed by atoms with Gasteiger partial charge in [-0.25, -0.2) is 0 Å². The summed E-state index contributed by atoms with van der Waals surface area (Å²) >= 11 is 0. The van der Waals surface area contributed by atoms with E-state index in [1.54, 1.807) is 60.7 Å². The minimum absolute atomic E-state index is 0.231. The van der Waals surface area contributed by atoms with E-state index in [9.17, 15) is 14.7 Å². The van der Waals surface area contributed by atoms with Gasteiger partial charge in [0.2, 0.25) is 0 Å². The van der Waals surface area contributed by atoms with E-state index in [1.165, 1.54) is 6.92 Å². The van der Waals surface area contributed by atoms with Gasteiger partial charge in [-0.1, -0.05) is 60.7 Å². The third-order valence-corrected chi connectivity index (χ3v) is 3.17. The first-order valence-corrected chi connectivity index (χ1v) is 6.41. The Labute approximate surface area is 117 Å². The summed E-state index contributed by atoms with van der Waals surface area (Å²) in [5.74, 6) is -0.694. The molecule has 0 aliphatic rings. The molecule has 0 heterocycles. The molecule has 0 aliphatic heterocycles. The molecule has 0 unspecified atom stereocenters. The molecule has 0 saturated heterocycles. The van der Waals surface area contributed by atoms with Crippen molar-refractivity contribution in [3.63, 3.8) is 0 Å². The molecule has 2 rings (SSSR count). The molecule has 0 radical (unpaired) electrons. The normalized spacial score (nSPS) is 13.5. The van der Waals surface area contributed by atoms with Crippen LogP contribution in [0.1, 0.15) is 29.3 Å². The number of rotatable bonds is 5. The summed E-state index contributed by atoms with van der Waals surface area (Å²) in [7, 11) is 0. The van der Waals surface area contributed by atoms with Crippen LogP contribution in [0.3, 0.4) is 0 Å². The van der Waals surface area contributed by atoms with E-state index in [1.807, 2.05) is 0 Å². The Morgan fingerprint density at radius 1 is 0.950 bits per heavy atom. The fraction of sp³-hybridized carbons (Fsp3) is 0.176. The fourth-order valence-corrected chi connectivity index (χ4v) is 2.22. The molecule has 3 nitrogen and oxygen atoms in total. The van der Waals surface area contributed by atoms with E-state index in [2.05, 4.69) is 0 Å². The van der Waals surface area contributed by atoms with Gasteiger partial charge in [0.15, 0.2) is 11.4 Å². The molecule has 0 bridgehead atoms. The number of aliphatic hydroxyl groups is 1. The minimum Gasteiger partial charge on any atom is -0.376 e. The van der Waals surface area contributed by atoms with Crippen molar-refractivity contribution in [2.24, 2.45) is 0 Å². The minimum atomic E-state index is -1.81. The average molecular weight is 268 g/mol. The summed E-state index contributed by atoms with van der Waals surface area (Å²) in [6.07, 6.45) is -0.231. The Balaban J connectivity index is 2.48. The summed E-state index contributed by atoms with van der Waals surface area (Å²) < 4.78 is 0. The number of Topliss-reactive ketones (excluding diaryl/α,β-unsaturated/α-hetero) is 2. The second kappa shape index (κ2) is 5.80. The molecule has 0 aromatic heterocycles. The van der Waals surface area contributed by atoms with Crippen LogP contribution in [0, 0.1) is 0 Å². The van der Waals surface area contributed by atoms with Crippen LogP contribution in [0.2, 0.25) is 0 Å². The molecule has 0 amide bonds. The number of benzene rings is 2. The molecule has 1 atom stereocenters. The molecule has 1 N–H and O–H groups in total. The van der Waals surface area contributed by atoms with Gasteiger partial charge in [-0.15, -0.1) is 0 Å². The molecule has 0 fully saturated rings. The summed E-state index contributed by atoms with van der Waals surface area (Å²) in [5, 5.41) is 10.8. The van der Waals surface area contributed by atoms with E-state index in [-0.39, 0.29) is 12.2 Å². The highest BCUT2D eigenvalue weighted by atomic mass is 16.3. The molecule has 102 valence electrons. The summed E-state index contributed by atoms with van der Waals surface area (Å²) in [5.41, 5.74) is -0.988. The van der Waals surface area contributed by atoms with Gasteiger partial charge in [0.05, 0.1) is 0 Å². The lowest BCUT2D eigenvalue weighted by atomic mass is 9.82. The SMILES string of the molecule is CC(=O)C[C@@](O)(C(=O)c1ccccc1)c1ccccc1. The van der Waals surface area contributed by atoms with Crippen LogP contribution in [-0.2, 0) is 10.4 Å². The van der Waals surface area contributed by atoms with E-state index >= 15 is 0 Å². The molecule has 20 heavy (non-hydrogen) atoms. The van der Waals surface area contributed by atoms with Gasteiger partial charge in [0.25, 0.3) is 0 Å². The average Bonchev–Trinajstić information content (AvgIpc) is 2.47. The van der Waals surface area contributed by atoms with Gasteiger partial charge >= 0.3 is 0 Å². The second-order valence-electron chi connectivity index (χ2n) is 4.80. The van der Waals surface area contributed by atoms with Crippen LogP contribution in [0.15, 0.2) is 60.7 Å². The van der Waals surface area contributed by atoms with Gasteiger partial charge in [-0.2, -0.15) is 0 Å². The first-order chi connectivity index (χ1) is 9.54. The van der Waals surface area contributed by atoms with Gasteiger partial charge in [0.1, 0.15) is 5.78 Å². The van der Waals surface area contributed by atoms with Gasteiger partial charge < -0.3 is 5.11 Å². The van der Waals surface area contributed by atoms with Crippen LogP contribution in [0.5, 0.6) is 0 Å². The van der Waals surface area contributed by atoms with Gasteiger partial charge in [0, 0.05) is 12.0 Å². The highest BCUT2D eigenvalue weighted by molar-refractivity contribution is 6.05. The summed E-state index contributed by atoms with van der Waals surface area (Å²) in [6.45, 7) is 1.37. The second-order valence-corrected chi connectivity index (χ2v) is 4.80. The van der Waals surface area contributed by atoms with Crippen molar-refractivity contribution in [3.8, 4) is 0 Å². The van der Waals surface area contributed by atoms with Crippen molar-refractivity contribution >= 4 is 11.6 Å². The quantitative estimate of drug-likeness (QED) is 0.848. The van der Waals surface area contributed by atoms with Gasteiger partial charge in [-0.05, 0) is 12.5 Å². The molecule has 2 aromatic carbocycles. The van der Waals surface area contributed by atoms with Crippen molar-refractivity contribution < 1.29 is 14.7 Å². The number of carbonyl (C=O) groups excluding carboxylic acids is 2. The number of hydrogen-bond donors (Lipinski definition) is 1. The van der Waals surface area contributed by atoms with Gasteiger partial charge in [-0.3, -0.25) is 9.59 Å². The lowest BCUT2D eigenvalue weighted by molar-refractivity contribution is -0.120. The molecule has 0 saturated carbocycles. The lowest BCUT2D eigenvalue weighted by Crippen LogP contribution is -2.37. The van der Waals surface area contributed by atoms with Crippen LogP contribution in [0.25, 0.3) is 0 Å².